The lowest BCUT2D eigenvalue weighted by molar-refractivity contribution is 0.145. The number of carboxylic acid groups (broad SMARTS) is 1. The van der Waals surface area contributed by atoms with Crippen molar-refractivity contribution in [3.63, 3.8) is 0 Å². The molecule has 1 rings (SSSR count). The summed E-state index contributed by atoms with van der Waals surface area (Å²) in [7, 11) is 1.44. The number of hydrogen-bond acceptors (Lipinski definition) is 3. The van der Waals surface area contributed by atoms with Crippen molar-refractivity contribution in [3.05, 3.63) is 0 Å². The van der Waals surface area contributed by atoms with Gasteiger partial charge in [-0.2, -0.15) is 0 Å². The SMILES string of the molecule is CON=C1CN(C(=O)O)C1. The molecule has 1 aliphatic heterocycles. The first-order valence-electron chi connectivity index (χ1n) is 2.81. The van der Waals surface area contributed by atoms with Crippen molar-refractivity contribution in [1.29, 1.82) is 0 Å². The van der Waals surface area contributed by atoms with Crippen LogP contribution in [0.15, 0.2) is 5.16 Å². The zero-order valence-electron chi connectivity index (χ0n) is 5.57. The van der Waals surface area contributed by atoms with E-state index in [0.717, 1.165) is 5.71 Å². The molecule has 0 bridgehead atoms. The largest absolute Gasteiger partial charge is 0.465 e. The van der Waals surface area contributed by atoms with Crippen molar-refractivity contribution >= 4 is 11.8 Å². The Balaban J connectivity index is 2.30. The second kappa shape index (κ2) is 2.55. The Morgan fingerprint density at radius 2 is 2.40 bits per heavy atom. The van der Waals surface area contributed by atoms with Gasteiger partial charge in [0.05, 0.1) is 18.8 Å². The molecule has 0 atom stereocenters. The van der Waals surface area contributed by atoms with Crippen LogP contribution in [0.5, 0.6) is 0 Å². The van der Waals surface area contributed by atoms with E-state index in [1.807, 2.05) is 0 Å². The standard InChI is InChI=1S/C5H8N2O3/c1-10-6-4-2-7(3-4)5(8)9/h2-3H2,1H3,(H,8,9). The summed E-state index contributed by atoms with van der Waals surface area (Å²) in [4.78, 5) is 15.9. The van der Waals surface area contributed by atoms with E-state index in [1.54, 1.807) is 0 Å². The Kier molecular flexibility index (Phi) is 1.75. The predicted molar refractivity (Wildman–Crippen MR) is 34.0 cm³/mol. The summed E-state index contributed by atoms with van der Waals surface area (Å²) in [5.41, 5.74) is 0.768. The lowest BCUT2D eigenvalue weighted by atomic mass is 10.2. The van der Waals surface area contributed by atoms with Crippen molar-refractivity contribution in [2.75, 3.05) is 20.2 Å². The highest BCUT2D eigenvalue weighted by atomic mass is 16.6. The highest BCUT2D eigenvalue weighted by Crippen LogP contribution is 2.03. The van der Waals surface area contributed by atoms with Crippen LogP contribution in [0, 0.1) is 0 Å². The molecule has 1 N–H and O–H groups in total. The van der Waals surface area contributed by atoms with Crippen LogP contribution in [0.1, 0.15) is 0 Å². The van der Waals surface area contributed by atoms with E-state index >= 15 is 0 Å². The van der Waals surface area contributed by atoms with Crippen molar-refractivity contribution < 1.29 is 14.7 Å². The van der Waals surface area contributed by atoms with Crippen molar-refractivity contribution in [1.82, 2.24) is 4.90 Å². The van der Waals surface area contributed by atoms with Gasteiger partial charge in [-0.25, -0.2) is 4.79 Å². The van der Waals surface area contributed by atoms with Gasteiger partial charge >= 0.3 is 6.09 Å². The van der Waals surface area contributed by atoms with Crippen LogP contribution in [0.25, 0.3) is 0 Å². The zero-order valence-corrected chi connectivity index (χ0v) is 5.57. The second-order valence-corrected chi connectivity index (χ2v) is 1.98. The molecule has 5 heteroatoms. The average molecular weight is 144 g/mol. The van der Waals surface area contributed by atoms with Crippen LogP contribution in [0.4, 0.5) is 4.79 Å². The third-order valence-corrected chi connectivity index (χ3v) is 1.24. The number of amides is 1. The maximum Gasteiger partial charge on any atom is 0.407 e. The van der Waals surface area contributed by atoms with Gasteiger partial charge in [0, 0.05) is 0 Å². The molecule has 0 saturated carbocycles. The fourth-order valence-electron chi connectivity index (χ4n) is 0.716. The van der Waals surface area contributed by atoms with Crippen LogP contribution >= 0.6 is 0 Å². The lowest BCUT2D eigenvalue weighted by Gasteiger charge is -2.28. The van der Waals surface area contributed by atoms with Crippen molar-refractivity contribution in [3.8, 4) is 0 Å². The molecule has 0 aromatic heterocycles. The highest BCUT2D eigenvalue weighted by molar-refractivity contribution is 5.97. The molecule has 0 aliphatic carbocycles. The third kappa shape index (κ3) is 1.18. The number of oxime groups is 1. The molecular weight excluding hydrogens is 136 g/mol. The van der Waals surface area contributed by atoms with E-state index in [4.69, 9.17) is 5.11 Å². The molecule has 1 aliphatic rings. The van der Waals surface area contributed by atoms with E-state index in [9.17, 15) is 4.79 Å². The number of likely N-dealkylation sites (tertiary alicyclic amines) is 1. The predicted octanol–water partition coefficient (Wildman–Crippen LogP) is -0.0176. The van der Waals surface area contributed by atoms with E-state index < -0.39 is 6.09 Å². The van der Waals surface area contributed by atoms with Crippen LogP contribution in [-0.4, -0.2) is 42.0 Å². The molecule has 10 heavy (non-hydrogen) atoms. The molecule has 0 aromatic rings. The average Bonchev–Trinajstić information content (AvgIpc) is 1.76. The topological polar surface area (TPSA) is 62.1 Å². The molecule has 1 fully saturated rings. The van der Waals surface area contributed by atoms with Gasteiger partial charge < -0.3 is 9.94 Å². The summed E-state index contributed by atoms with van der Waals surface area (Å²) < 4.78 is 0. The summed E-state index contributed by atoms with van der Waals surface area (Å²) in [6.07, 6.45) is -0.907. The molecule has 0 radical (unpaired) electrons. The van der Waals surface area contributed by atoms with Crippen LogP contribution in [0.2, 0.25) is 0 Å². The molecule has 1 saturated heterocycles. The van der Waals surface area contributed by atoms with Gasteiger partial charge in [0.25, 0.3) is 0 Å². The molecule has 0 spiro atoms. The Labute approximate surface area is 57.9 Å². The Hall–Kier alpha value is -1.26. The van der Waals surface area contributed by atoms with E-state index in [0.29, 0.717) is 13.1 Å². The summed E-state index contributed by atoms with van der Waals surface area (Å²) >= 11 is 0. The van der Waals surface area contributed by atoms with Gasteiger partial charge in [-0.05, 0) is 0 Å². The van der Waals surface area contributed by atoms with Crippen LogP contribution < -0.4 is 0 Å². The van der Waals surface area contributed by atoms with Gasteiger partial charge in [-0.1, -0.05) is 5.16 Å². The molecule has 1 heterocycles. The van der Waals surface area contributed by atoms with Crippen molar-refractivity contribution in [2.24, 2.45) is 5.16 Å². The van der Waals surface area contributed by atoms with Gasteiger partial charge in [0.1, 0.15) is 7.11 Å². The Morgan fingerprint density at radius 3 is 2.80 bits per heavy atom. The molecule has 0 aromatic carbocycles. The van der Waals surface area contributed by atoms with Gasteiger partial charge in [0.2, 0.25) is 0 Å². The monoisotopic (exact) mass is 144 g/mol. The summed E-state index contributed by atoms with van der Waals surface area (Å²) in [5, 5.41) is 11.9. The van der Waals surface area contributed by atoms with E-state index in [-0.39, 0.29) is 0 Å². The normalized spacial score (nSPS) is 16.1. The van der Waals surface area contributed by atoms with Gasteiger partial charge in [0.15, 0.2) is 0 Å². The molecule has 5 nitrogen and oxygen atoms in total. The minimum atomic E-state index is -0.907. The van der Waals surface area contributed by atoms with Crippen LogP contribution in [0.3, 0.4) is 0 Å². The maximum absolute atomic E-state index is 10.2. The second-order valence-electron chi connectivity index (χ2n) is 1.98. The first-order chi connectivity index (χ1) is 4.74. The number of carbonyl (C=O) groups is 1. The maximum atomic E-state index is 10.2. The Bertz CT molecular complexity index is 170. The number of nitrogens with zero attached hydrogens (tertiary/aromatic N) is 2. The summed E-state index contributed by atoms with van der Waals surface area (Å²) in [6.45, 7) is 0.756. The first kappa shape index (κ1) is 6.85. The smallest absolute Gasteiger partial charge is 0.407 e. The quantitative estimate of drug-likeness (QED) is 0.526. The molecule has 56 valence electrons. The minimum absolute atomic E-state index is 0.378. The van der Waals surface area contributed by atoms with E-state index in [2.05, 4.69) is 9.99 Å². The minimum Gasteiger partial charge on any atom is -0.465 e. The number of hydrogen-bond donors (Lipinski definition) is 1. The Morgan fingerprint density at radius 1 is 1.80 bits per heavy atom. The molecule has 0 unspecified atom stereocenters. The fraction of sp³-hybridized carbons (Fsp3) is 0.600. The lowest BCUT2D eigenvalue weighted by Crippen LogP contribution is -2.50. The van der Waals surface area contributed by atoms with E-state index in [1.165, 1.54) is 12.0 Å². The van der Waals surface area contributed by atoms with Crippen molar-refractivity contribution in [2.45, 2.75) is 0 Å². The van der Waals surface area contributed by atoms with Crippen LogP contribution in [-0.2, 0) is 4.84 Å². The fourth-order valence-corrected chi connectivity index (χ4v) is 0.716. The summed E-state index contributed by atoms with van der Waals surface area (Å²) in [5.74, 6) is 0. The molecule has 1 amide bonds. The van der Waals surface area contributed by atoms with Gasteiger partial charge in [-0.3, -0.25) is 4.90 Å². The highest BCUT2D eigenvalue weighted by Gasteiger charge is 2.26. The number of rotatable bonds is 1. The first-order valence-corrected chi connectivity index (χ1v) is 2.81. The zero-order chi connectivity index (χ0) is 7.56. The summed E-state index contributed by atoms with van der Waals surface area (Å²) in [6, 6.07) is 0. The molecular formula is C5H8N2O3. The third-order valence-electron chi connectivity index (χ3n) is 1.24. The van der Waals surface area contributed by atoms with Gasteiger partial charge in [-0.15, -0.1) is 0 Å².